The maximum Gasteiger partial charge on any atom is 0.340 e. The molecular weight excluding hydrogens is 538 g/mol. The van der Waals surface area contributed by atoms with E-state index in [1.165, 1.54) is 33.3 Å². The van der Waals surface area contributed by atoms with Gasteiger partial charge >= 0.3 is 16.2 Å². The average Bonchev–Trinajstić information content (AvgIpc) is 3.20. The van der Waals surface area contributed by atoms with Crippen molar-refractivity contribution in [1.29, 1.82) is 0 Å². The van der Waals surface area contributed by atoms with Crippen molar-refractivity contribution in [3.8, 4) is 17.0 Å². The van der Waals surface area contributed by atoms with Crippen LogP contribution in [-0.2, 0) is 21.5 Å². The van der Waals surface area contributed by atoms with Crippen molar-refractivity contribution in [2.24, 2.45) is 0 Å². The molecule has 40 heavy (non-hydrogen) atoms. The van der Waals surface area contributed by atoms with E-state index in [1.807, 2.05) is 4.72 Å². The number of carbonyl (C=O) groups is 2. The highest BCUT2D eigenvalue weighted by Gasteiger charge is 2.49. The van der Waals surface area contributed by atoms with Crippen molar-refractivity contribution in [2.75, 3.05) is 21.2 Å². The summed E-state index contributed by atoms with van der Waals surface area (Å²) in [6.45, 7) is -0.500. The number of aliphatic carboxylic acids is 1. The molecule has 2 aliphatic rings. The smallest absolute Gasteiger partial charge is 0.340 e. The number of rotatable bonds is 6. The van der Waals surface area contributed by atoms with Gasteiger partial charge in [-0.15, -0.1) is 0 Å². The van der Waals surface area contributed by atoms with E-state index in [2.05, 4.69) is 0 Å². The standard InChI is InChI=1S/C28H33N3O8S/c1-30(2)40(37,38)29-26(33)17-9-11-20-22(13-17)31-15-28(36,27(34)35)25(32)21-14-18(39-3)10-12-19(21)24(31)23(20)16-7-5-4-6-8-16/h9-14,16,25,32,36H,4-8,15H2,1-3H3,(H,29,33)(H,34,35)/t25-,28+/m0/s1. The zero-order valence-electron chi connectivity index (χ0n) is 22.5. The third kappa shape index (κ3) is 4.54. The molecule has 1 saturated carbocycles. The topological polar surface area (TPSA) is 158 Å². The maximum atomic E-state index is 13.0. The lowest BCUT2D eigenvalue weighted by Gasteiger charge is -2.28. The highest BCUT2D eigenvalue weighted by Crippen LogP contribution is 2.49. The van der Waals surface area contributed by atoms with Crippen LogP contribution in [0.25, 0.3) is 22.2 Å². The Balaban J connectivity index is 1.81. The summed E-state index contributed by atoms with van der Waals surface area (Å²) >= 11 is 0. The number of aromatic nitrogens is 1. The van der Waals surface area contributed by atoms with Gasteiger partial charge in [0.2, 0.25) is 5.60 Å². The minimum absolute atomic E-state index is 0.0482. The Morgan fingerprint density at radius 1 is 1.10 bits per heavy atom. The number of carboxylic acid groups (broad SMARTS) is 1. The van der Waals surface area contributed by atoms with Crippen LogP contribution in [0.4, 0.5) is 0 Å². The molecule has 2 atom stereocenters. The first kappa shape index (κ1) is 28.1. The van der Waals surface area contributed by atoms with Gasteiger partial charge < -0.3 is 24.6 Å². The number of benzene rings is 2. The maximum absolute atomic E-state index is 13.0. The number of aliphatic hydroxyl groups is 2. The number of fused-ring (bicyclic) bond motifs is 5. The Labute approximate surface area is 232 Å². The minimum atomic E-state index is -4.05. The van der Waals surface area contributed by atoms with Crippen molar-refractivity contribution in [3.05, 3.63) is 53.1 Å². The van der Waals surface area contributed by atoms with E-state index in [4.69, 9.17) is 4.74 Å². The van der Waals surface area contributed by atoms with E-state index >= 15 is 0 Å². The number of carbonyl (C=O) groups excluding carboxylic acids is 1. The second-order valence-electron chi connectivity index (χ2n) is 10.7. The molecule has 0 saturated heterocycles. The van der Waals surface area contributed by atoms with E-state index < -0.39 is 40.3 Å². The van der Waals surface area contributed by atoms with E-state index in [9.17, 15) is 33.3 Å². The second kappa shape index (κ2) is 10.2. The fourth-order valence-electron chi connectivity index (χ4n) is 5.92. The number of hydrogen-bond donors (Lipinski definition) is 4. The van der Waals surface area contributed by atoms with Gasteiger partial charge in [-0.1, -0.05) is 25.3 Å². The molecule has 1 fully saturated rings. The van der Waals surface area contributed by atoms with Gasteiger partial charge in [0.15, 0.2) is 0 Å². The molecule has 12 heteroatoms. The quantitative estimate of drug-likeness (QED) is 0.352. The number of amides is 1. The van der Waals surface area contributed by atoms with Crippen LogP contribution in [0.15, 0.2) is 36.4 Å². The summed E-state index contributed by atoms with van der Waals surface area (Å²) in [5.74, 6) is -1.92. The Bertz CT molecular complexity index is 1610. The minimum Gasteiger partial charge on any atom is -0.497 e. The van der Waals surface area contributed by atoms with Gasteiger partial charge in [-0.3, -0.25) is 4.79 Å². The van der Waals surface area contributed by atoms with E-state index in [0.717, 1.165) is 47.4 Å². The highest BCUT2D eigenvalue weighted by molar-refractivity contribution is 7.87. The largest absolute Gasteiger partial charge is 0.497 e. The zero-order chi connectivity index (χ0) is 29.0. The highest BCUT2D eigenvalue weighted by atomic mass is 32.2. The SMILES string of the molecule is COc1ccc2c(c1)[C@H](O)[C@@](O)(C(=O)O)Cn1c-2c(C2CCCCC2)c2ccc(C(=O)NS(=O)(=O)N(C)C)cc21. The number of ether oxygens (including phenoxy) is 1. The van der Waals surface area contributed by atoms with Crippen LogP contribution in [0.2, 0.25) is 0 Å². The third-order valence-electron chi connectivity index (χ3n) is 8.11. The average molecular weight is 572 g/mol. The molecule has 2 aromatic carbocycles. The van der Waals surface area contributed by atoms with Gasteiger partial charge in [-0.05, 0) is 60.2 Å². The summed E-state index contributed by atoms with van der Waals surface area (Å²) in [7, 11) is 0.00329. The first-order valence-corrected chi connectivity index (χ1v) is 14.6. The summed E-state index contributed by atoms with van der Waals surface area (Å²) < 4.78 is 34.5. The molecule has 0 radical (unpaired) electrons. The monoisotopic (exact) mass is 571 g/mol. The summed E-state index contributed by atoms with van der Waals surface area (Å²) in [6.07, 6.45) is 3.20. The first-order valence-electron chi connectivity index (χ1n) is 13.1. The molecule has 1 amide bonds. The normalized spacial score (nSPS) is 21.5. The van der Waals surface area contributed by atoms with Crippen molar-refractivity contribution in [2.45, 2.75) is 56.3 Å². The Morgan fingerprint density at radius 3 is 2.42 bits per heavy atom. The van der Waals surface area contributed by atoms with Gasteiger partial charge in [0, 0.05) is 36.1 Å². The number of carboxylic acids is 1. The van der Waals surface area contributed by atoms with Gasteiger partial charge in [0.05, 0.1) is 19.3 Å². The lowest BCUT2D eigenvalue weighted by Crippen LogP contribution is -2.47. The molecular formula is C28H33N3O8S. The third-order valence-corrected chi connectivity index (χ3v) is 9.52. The lowest BCUT2D eigenvalue weighted by molar-refractivity contribution is -0.174. The molecule has 0 unspecified atom stereocenters. The molecule has 0 bridgehead atoms. The van der Waals surface area contributed by atoms with Crippen LogP contribution < -0.4 is 9.46 Å². The van der Waals surface area contributed by atoms with Gasteiger partial charge in [-0.2, -0.15) is 12.7 Å². The number of aliphatic hydroxyl groups excluding tert-OH is 1. The molecule has 11 nitrogen and oxygen atoms in total. The number of methoxy groups -OCH3 is 1. The van der Waals surface area contributed by atoms with Crippen molar-refractivity contribution >= 4 is 33.0 Å². The summed E-state index contributed by atoms with van der Waals surface area (Å²) in [4.78, 5) is 25.4. The lowest BCUT2D eigenvalue weighted by atomic mass is 9.81. The van der Waals surface area contributed by atoms with E-state index in [0.29, 0.717) is 22.5 Å². The van der Waals surface area contributed by atoms with Crippen LogP contribution in [-0.4, -0.2) is 71.3 Å². The van der Waals surface area contributed by atoms with Crippen LogP contribution in [0.5, 0.6) is 5.75 Å². The summed E-state index contributed by atoms with van der Waals surface area (Å²) in [5, 5.41) is 33.7. The Morgan fingerprint density at radius 2 is 1.80 bits per heavy atom. The van der Waals surface area contributed by atoms with Crippen LogP contribution in [0, 0.1) is 0 Å². The predicted molar refractivity (Wildman–Crippen MR) is 147 cm³/mol. The summed E-state index contributed by atoms with van der Waals surface area (Å²) in [6, 6.07) is 9.80. The van der Waals surface area contributed by atoms with Crippen LogP contribution in [0.1, 0.15) is 65.6 Å². The number of nitrogens with one attached hydrogen (secondary N) is 1. The fourth-order valence-corrected chi connectivity index (χ4v) is 6.46. The van der Waals surface area contributed by atoms with Gasteiger partial charge in [-0.25, -0.2) is 9.52 Å². The fraction of sp³-hybridized carbons (Fsp3) is 0.429. The van der Waals surface area contributed by atoms with E-state index in [1.54, 1.807) is 28.8 Å². The van der Waals surface area contributed by atoms with Crippen LogP contribution >= 0.6 is 0 Å². The molecule has 5 rings (SSSR count). The Hall–Kier alpha value is -3.45. The molecule has 2 heterocycles. The number of nitrogens with zero attached hydrogens (tertiary/aromatic N) is 2. The molecule has 1 aromatic heterocycles. The molecule has 1 aliphatic heterocycles. The van der Waals surface area contributed by atoms with Crippen LogP contribution in [0.3, 0.4) is 0 Å². The van der Waals surface area contributed by atoms with Crippen molar-refractivity contribution < 1.29 is 38.1 Å². The molecule has 3 aromatic rings. The number of hydrogen-bond acceptors (Lipinski definition) is 7. The van der Waals surface area contributed by atoms with Crippen molar-refractivity contribution in [3.63, 3.8) is 0 Å². The zero-order valence-corrected chi connectivity index (χ0v) is 23.4. The second-order valence-corrected chi connectivity index (χ2v) is 12.6. The molecule has 1 aliphatic carbocycles. The van der Waals surface area contributed by atoms with Crippen molar-refractivity contribution in [1.82, 2.24) is 13.6 Å². The predicted octanol–water partition coefficient (Wildman–Crippen LogP) is 2.76. The van der Waals surface area contributed by atoms with Gasteiger partial charge in [0.25, 0.3) is 5.91 Å². The van der Waals surface area contributed by atoms with Gasteiger partial charge in [0.1, 0.15) is 11.9 Å². The Kier molecular flexibility index (Phi) is 7.15. The first-order chi connectivity index (χ1) is 18.9. The summed E-state index contributed by atoms with van der Waals surface area (Å²) in [5.41, 5.74) is 0.300. The van der Waals surface area contributed by atoms with E-state index in [-0.39, 0.29) is 17.0 Å². The molecule has 4 N–H and O–H groups in total. The molecule has 214 valence electrons. The molecule has 0 spiro atoms.